The van der Waals surface area contributed by atoms with E-state index in [1.807, 2.05) is 0 Å². The maximum absolute atomic E-state index is 12.2. The molecular weight excluding hydrogens is 310 g/mol. The zero-order valence-electron chi connectivity index (χ0n) is 13.7. The van der Waals surface area contributed by atoms with Crippen LogP contribution < -0.4 is 14.8 Å². The smallest absolute Gasteiger partial charge is 0.347 e. The van der Waals surface area contributed by atoms with Gasteiger partial charge in [-0.15, -0.1) is 0 Å². The summed E-state index contributed by atoms with van der Waals surface area (Å²) >= 11 is 0. The minimum atomic E-state index is -1.33. The number of carbonyl (C=O) groups excluding carboxylic acids is 1. The third-order valence-electron chi connectivity index (χ3n) is 3.35. The van der Waals surface area contributed by atoms with Crippen molar-refractivity contribution in [2.24, 2.45) is 0 Å². The van der Waals surface area contributed by atoms with Crippen LogP contribution >= 0.6 is 0 Å². The first kappa shape index (κ1) is 17.3. The highest BCUT2D eigenvalue weighted by atomic mass is 16.5. The number of carboxylic acids is 1. The Labute approximate surface area is 140 Å². The molecule has 2 N–H and O–H groups in total. The number of carbonyl (C=O) groups is 2. The number of hydrogen-bond donors (Lipinski definition) is 2. The van der Waals surface area contributed by atoms with E-state index in [4.69, 9.17) is 14.6 Å². The molecule has 0 radical (unpaired) electrons. The average molecular weight is 329 g/mol. The van der Waals surface area contributed by atoms with Gasteiger partial charge in [-0.2, -0.15) is 0 Å². The van der Waals surface area contributed by atoms with Crippen LogP contribution in [0.15, 0.2) is 48.5 Å². The predicted octanol–water partition coefficient (Wildman–Crippen LogP) is 3.19. The van der Waals surface area contributed by atoms with Gasteiger partial charge in [0.2, 0.25) is 0 Å². The lowest BCUT2D eigenvalue weighted by Crippen LogP contribution is -2.37. The summed E-state index contributed by atoms with van der Waals surface area (Å²) in [6.07, 6.45) is 0. The number of rotatable bonds is 6. The van der Waals surface area contributed by atoms with Crippen molar-refractivity contribution in [3.05, 3.63) is 54.1 Å². The molecule has 0 aliphatic heterocycles. The van der Waals surface area contributed by atoms with Crippen LogP contribution in [0.4, 0.5) is 5.69 Å². The van der Waals surface area contributed by atoms with Crippen molar-refractivity contribution in [2.75, 3.05) is 12.4 Å². The van der Waals surface area contributed by atoms with Gasteiger partial charge in [0.1, 0.15) is 11.5 Å². The van der Waals surface area contributed by atoms with Crippen molar-refractivity contribution in [1.82, 2.24) is 0 Å². The molecule has 0 unspecified atom stereocenters. The Morgan fingerprint density at radius 1 is 0.958 bits per heavy atom. The molecule has 0 heterocycles. The van der Waals surface area contributed by atoms with E-state index in [0.29, 0.717) is 22.7 Å². The molecule has 2 rings (SSSR count). The third kappa shape index (κ3) is 4.25. The Kier molecular flexibility index (Phi) is 5.08. The van der Waals surface area contributed by atoms with E-state index in [2.05, 4.69) is 5.32 Å². The molecular formula is C18H19NO5. The van der Waals surface area contributed by atoms with Gasteiger partial charge in [-0.25, -0.2) is 4.79 Å². The average Bonchev–Trinajstić information content (AvgIpc) is 2.56. The molecule has 0 saturated heterocycles. The minimum absolute atomic E-state index is 0.253. The Morgan fingerprint density at radius 3 is 2.00 bits per heavy atom. The summed E-state index contributed by atoms with van der Waals surface area (Å²) < 4.78 is 10.5. The van der Waals surface area contributed by atoms with Crippen molar-refractivity contribution < 1.29 is 24.2 Å². The first-order valence-corrected chi connectivity index (χ1v) is 7.30. The highest BCUT2D eigenvalue weighted by Crippen LogP contribution is 2.21. The lowest BCUT2D eigenvalue weighted by molar-refractivity contribution is -0.152. The molecule has 2 aromatic rings. The predicted molar refractivity (Wildman–Crippen MR) is 89.7 cm³/mol. The zero-order valence-corrected chi connectivity index (χ0v) is 13.7. The Balaban J connectivity index is 2.03. The number of aliphatic carboxylic acids is 1. The molecule has 2 aromatic carbocycles. The maximum atomic E-state index is 12.2. The van der Waals surface area contributed by atoms with Gasteiger partial charge in [-0.1, -0.05) is 0 Å². The monoisotopic (exact) mass is 329 g/mol. The first-order chi connectivity index (χ1) is 11.3. The lowest BCUT2D eigenvalue weighted by atomic mass is 10.1. The van der Waals surface area contributed by atoms with E-state index in [0.717, 1.165) is 0 Å². The summed E-state index contributed by atoms with van der Waals surface area (Å²) in [6, 6.07) is 13.3. The number of anilines is 1. The summed E-state index contributed by atoms with van der Waals surface area (Å²) in [5.41, 5.74) is -0.243. The fraction of sp³-hybridized carbons (Fsp3) is 0.222. The van der Waals surface area contributed by atoms with Gasteiger partial charge in [-0.3, -0.25) is 4.79 Å². The molecule has 6 heteroatoms. The fourth-order valence-electron chi connectivity index (χ4n) is 1.89. The van der Waals surface area contributed by atoms with Crippen LogP contribution in [0.5, 0.6) is 11.5 Å². The molecule has 6 nitrogen and oxygen atoms in total. The van der Waals surface area contributed by atoms with Gasteiger partial charge in [0.15, 0.2) is 5.60 Å². The van der Waals surface area contributed by atoms with Crippen LogP contribution in [0.3, 0.4) is 0 Å². The number of carboxylic acid groups (broad SMARTS) is 1. The highest BCUT2D eigenvalue weighted by Gasteiger charge is 2.29. The summed E-state index contributed by atoms with van der Waals surface area (Å²) in [6.45, 7) is 2.93. The molecule has 0 saturated carbocycles. The van der Waals surface area contributed by atoms with Gasteiger partial charge >= 0.3 is 5.97 Å². The fourth-order valence-corrected chi connectivity index (χ4v) is 1.89. The van der Waals surface area contributed by atoms with Gasteiger partial charge in [0, 0.05) is 11.3 Å². The number of hydrogen-bond acceptors (Lipinski definition) is 4. The summed E-state index contributed by atoms with van der Waals surface area (Å²) in [7, 11) is 1.56. The van der Waals surface area contributed by atoms with Crippen molar-refractivity contribution >= 4 is 17.6 Å². The van der Waals surface area contributed by atoms with Crippen LogP contribution in [0.1, 0.15) is 24.2 Å². The molecule has 0 fully saturated rings. The number of ether oxygens (including phenoxy) is 2. The van der Waals surface area contributed by atoms with Crippen molar-refractivity contribution in [1.29, 1.82) is 0 Å². The molecule has 0 aromatic heterocycles. The molecule has 1 amide bonds. The van der Waals surface area contributed by atoms with Gasteiger partial charge < -0.3 is 19.9 Å². The second-order valence-electron chi connectivity index (χ2n) is 5.62. The van der Waals surface area contributed by atoms with Gasteiger partial charge in [-0.05, 0) is 62.4 Å². The van der Waals surface area contributed by atoms with Crippen LogP contribution in [0, 0.1) is 0 Å². The van der Waals surface area contributed by atoms with E-state index in [-0.39, 0.29) is 5.91 Å². The number of amides is 1. The number of methoxy groups -OCH3 is 1. The van der Waals surface area contributed by atoms with Crippen molar-refractivity contribution in [3.8, 4) is 11.5 Å². The van der Waals surface area contributed by atoms with Gasteiger partial charge in [0.25, 0.3) is 5.91 Å². The van der Waals surface area contributed by atoms with E-state index >= 15 is 0 Å². The third-order valence-corrected chi connectivity index (χ3v) is 3.35. The number of nitrogens with one attached hydrogen (secondary N) is 1. The van der Waals surface area contributed by atoms with E-state index in [9.17, 15) is 9.59 Å². The van der Waals surface area contributed by atoms with E-state index in [1.165, 1.54) is 13.8 Å². The maximum Gasteiger partial charge on any atom is 0.347 e. The van der Waals surface area contributed by atoms with Crippen LogP contribution in [0.2, 0.25) is 0 Å². The SMILES string of the molecule is COc1ccc(C(=O)Nc2ccc(OC(C)(C)C(=O)O)cc2)cc1. The standard InChI is InChI=1S/C18H19NO5/c1-18(2,17(21)22)24-15-10-6-13(7-11-15)19-16(20)12-4-8-14(23-3)9-5-12/h4-11H,1-3H3,(H,19,20)(H,21,22). The topological polar surface area (TPSA) is 84.9 Å². The van der Waals surface area contributed by atoms with Gasteiger partial charge in [0.05, 0.1) is 7.11 Å². The highest BCUT2D eigenvalue weighted by molar-refractivity contribution is 6.04. The largest absolute Gasteiger partial charge is 0.497 e. The number of benzene rings is 2. The molecule has 0 aliphatic carbocycles. The minimum Gasteiger partial charge on any atom is -0.497 e. The molecule has 24 heavy (non-hydrogen) atoms. The first-order valence-electron chi connectivity index (χ1n) is 7.30. The normalized spacial score (nSPS) is 10.8. The van der Waals surface area contributed by atoms with E-state index in [1.54, 1.807) is 55.6 Å². The summed E-state index contributed by atoms with van der Waals surface area (Å²) in [5.74, 6) is -0.226. The molecule has 0 atom stereocenters. The summed E-state index contributed by atoms with van der Waals surface area (Å²) in [5, 5.41) is 11.8. The lowest BCUT2D eigenvalue weighted by Gasteiger charge is -2.21. The molecule has 0 aliphatic rings. The van der Waals surface area contributed by atoms with E-state index < -0.39 is 11.6 Å². The Morgan fingerprint density at radius 2 is 1.50 bits per heavy atom. The molecule has 0 spiro atoms. The zero-order chi connectivity index (χ0) is 17.7. The quantitative estimate of drug-likeness (QED) is 0.850. The molecule has 0 bridgehead atoms. The summed E-state index contributed by atoms with van der Waals surface area (Å²) in [4.78, 5) is 23.2. The second-order valence-corrected chi connectivity index (χ2v) is 5.62. The van der Waals surface area contributed by atoms with Crippen LogP contribution in [-0.4, -0.2) is 29.7 Å². The van der Waals surface area contributed by atoms with Crippen LogP contribution in [0.25, 0.3) is 0 Å². The second kappa shape index (κ2) is 7.04. The van der Waals surface area contributed by atoms with Crippen LogP contribution in [-0.2, 0) is 4.79 Å². The van der Waals surface area contributed by atoms with Crippen molar-refractivity contribution in [2.45, 2.75) is 19.4 Å². The Bertz CT molecular complexity index is 720. The Hall–Kier alpha value is -3.02. The molecule has 126 valence electrons. The van der Waals surface area contributed by atoms with Crippen molar-refractivity contribution in [3.63, 3.8) is 0 Å².